The van der Waals surface area contributed by atoms with Gasteiger partial charge in [0.2, 0.25) is 0 Å². The van der Waals surface area contributed by atoms with Crippen LogP contribution in [0.15, 0.2) is 77.2 Å². The van der Waals surface area contributed by atoms with E-state index in [0.717, 1.165) is 41.0 Å². The molecule has 0 spiro atoms. The van der Waals surface area contributed by atoms with Crippen LogP contribution in [-0.2, 0) is 11.2 Å². The highest BCUT2D eigenvalue weighted by Gasteiger charge is 2.31. The van der Waals surface area contributed by atoms with Crippen LogP contribution in [0.5, 0.6) is 0 Å². The van der Waals surface area contributed by atoms with E-state index in [1.54, 1.807) is 12.1 Å². The molecule has 1 amide bonds. The monoisotopic (exact) mass is 452 g/mol. The van der Waals surface area contributed by atoms with Gasteiger partial charge in [0.25, 0.3) is 5.91 Å². The Morgan fingerprint density at radius 1 is 0.941 bits per heavy atom. The van der Waals surface area contributed by atoms with Gasteiger partial charge in [-0.2, -0.15) is 0 Å². The van der Waals surface area contributed by atoms with Gasteiger partial charge < -0.3 is 14.1 Å². The molecule has 2 aliphatic heterocycles. The van der Waals surface area contributed by atoms with Gasteiger partial charge in [-0.1, -0.05) is 42.5 Å². The molecule has 1 fully saturated rings. The molecule has 170 valence electrons. The molecule has 0 radical (unpaired) electrons. The molecule has 6 nitrogen and oxygen atoms in total. The first-order valence-corrected chi connectivity index (χ1v) is 11.7. The van der Waals surface area contributed by atoms with Crippen LogP contribution in [-0.4, -0.2) is 34.8 Å². The van der Waals surface area contributed by atoms with Gasteiger partial charge in [0, 0.05) is 31.0 Å². The van der Waals surface area contributed by atoms with E-state index >= 15 is 0 Å². The van der Waals surface area contributed by atoms with Gasteiger partial charge in [0.05, 0.1) is 5.56 Å². The zero-order valence-electron chi connectivity index (χ0n) is 18.6. The fraction of sp³-hybridized carbons (Fsp3) is 0.250. The van der Waals surface area contributed by atoms with Crippen LogP contribution >= 0.6 is 0 Å². The zero-order chi connectivity index (χ0) is 23.1. The van der Waals surface area contributed by atoms with E-state index in [2.05, 4.69) is 4.98 Å². The number of rotatable bonds is 3. The Morgan fingerprint density at radius 3 is 2.50 bits per heavy atom. The Bertz CT molecular complexity index is 1340. The molecule has 3 heterocycles. The quantitative estimate of drug-likeness (QED) is 0.394. The Kier molecular flexibility index (Phi) is 5.13. The number of likely N-dealkylation sites (tertiary alicyclic amines) is 1. The summed E-state index contributed by atoms with van der Waals surface area (Å²) < 4.78 is 11.6. The molecular weight excluding hydrogens is 428 g/mol. The van der Waals surface area contributed by atoms with Crippen molar-refractivity contribution in [2.45, 2.75) is 31.3 Å². The van der Waals surface area contributed by atoms with Crippen LogP contribution in [0.1, 0.15) is 62.6 Å². The number of amides is 1. The van der Waals surface area contributed by atoms with Gasteiger partial charge in [-0.05, 0) is 54.3 Å². The van der Waals surface area contributed by atoms with Gasteiger partial charge in [0.15, 0.2) is 11.5 Å². The van der Waals surface area contributed by atoms with Crippen LogP contribution in [0.2, 0.25) is 0 Å². The summed E-state index contributed by atoms with van der Waals surface area (Å²) in [5.74, 6) is 0.621. The number of hydrogen-bond acceptors (Lipinski definition) is 5. The fourth-order valence-electron chi connectivity index (χ4n) is 4.96. The van der Waals surface area contributed by atoms with Crippen LogP contribution in [0.4, 0.5) is 0 Å². The summed E-state index contributed by atoms with van der Waals surface area (Å²) in [6.07, 6.45) is 1.85. The normalized spacial score (nSPS) is 18.5. The maximum atomic E-state index is 13.3. The van der Waals surface area contributed by atoms with E-state index in [1.165, 1.54) is 0 Å². The molecule has 0 aliphatic carbocycles. The lowest BCUT2D eigenvalue weighted by Gasteiger charge is -2.31. The van der Waals surface area contributed by atoms with Gasteiger partial charge in [0.1, 0.15) is 11.6 Å². The molecule has 6 rings (SSSR count). The van der Waals surface area contributed by atoms with Crippen LogP contribution in [0.3, 0.4) is 0 Å². The predicted molar refractivity (Wildman–Crippen MR) is 127 cm³/mol. The number of esters is 1. The van der Waals surface area contributed by atoms with Crippen LogP contribution in [0.25, 0.3) is 11.1 Å². The summed E-state index contributed by atoms with van der Waals surface area (Å²) in [5.41, 5.74) is 4.64. The van der Waals surface area contributed by atoms with Crippen LogP contribution in [0, 0.1) is 0 Å². The lowest BCUT2D eigenvalue weighted by molar-refractivity contribution is 0.0252. The van der Waals surface area contributed by atoms with Crippen molar-refractivity contribution in [3.63, 3.8) is 0 Å². The Labute approximate surface area is 197 Å². The predicted octanol–water partition coefficient (Wildman–Crippen LogP) is 5.30. The van der Waals surface area contributed by atoms with E-state index in [9.17, 15) is 9.59 Å². The molecule has 2 aliphatic rings. The zero-order valence-corrected chi connectivity index (χ0v) is 18.6. The van der Waals surface area contributed by atoms with E-state index < -0.39 is 0 Å². The molecule has 1 aromatic heterocycles. The number of carbonyl (C=O) groups is 2. The number of nitrogens with zero attached hydrogens (tertiary/aromatic N) is 2. The Balaban J connectivity index is 1.16. The second kappa shape index (κ2) is 8.45. The minimum Gasteiger partial charge on any atom is -0.454 e. The van der Waals surface area contributed by atoms with Gasteiger partial charge >= 0.3 is 5.97 Å². The summed E-state index contributed by atoms with van der Waals surface area (Å²) in [5, 5.41) is 0. The van der Waals surface area contributed by atoms with Crippen LogP contribution < -0.4 is 0 Å². The number of aromatic nitrogens is 1. The van der Waals surface area contributed by atoms with Crippen molar-refractivity contribution in [2.75, 3.05) is 13.1 Å². The number of hydrogen-bond donors (Lipinski definition) is 0. The number of ether oxygens (including phenoxy) is 1. The van der Waals surface area contributed by atoms with Gasteiger partial charge in [-0.15, -0.1) is 0 Å². The number of fused-ring (bicyclic) bond motifs is 2. The lowest BCUT2D eigenvalue weighted by atomic mass is 9.92. The molecule has 0 N–H and O–H groups in total. The number of piperidine rings is 1. The Hall–Kier alpha value is -3.93. The Morgan fingerprint density at radius 2 is 1.71 bits per heavy atom. The maximum Gasteiger partial charge on any atom is 0.339 e. The molecular formula is C28H24N2O4. The third-order valence-corrected chi connectivity index (χ3v) is 6.84. The van der Waals surface area contributed by atoms with Gasteiger partial charge in [-0.25, -0.2) is 9.78 Å². The number of oxazole rings is 1. The summed E-state index contributed by atoms with van der Waals surface area (Å²) in [6, 6.07) is 22.8. The fourth-order valence-corrected chi connectivity index (χ4v) is 4.96. The number of para-hydroxylation sites is 2. The summed E-state index contributed by atoms with van der Waals surface area (Å²) in [7, 11) is 0. The molecule has 0 saturated carbocycles. The number of cyclic esters (lactones) is 1. The van der Waals surface area contributed by atoms with Crippen molar-refractivity contribution in [2.24, 2.45) is 0 Å². The molecule has 0 bridgehead atoms. The SMILES string of the molecule is O=C1O[C@@H](c2ccccc2)Cc2cc(C(=O)N3CCC(c4nc5ccccc5o4)CC3)ccc21. The molecule has 3 aromatic carbocycles. The highest BCUT2D eigenvalue weighted by atomic mass is 16.5. The first-order valence-electron chi connectivity index (χ1n) is 11.7. The molecule has 34 heavy (non-hydrogen) atoms. The van der Waals surface area contributed by atoms with Crippen molar-refractivity contribution >= 4 is 23.0 Å². The summed E-state index contributed by atoms with van der Waals surface area (Å²) in [6.45, 7) is 1.29. The minimum atomic E-state index is -0.340. The highest BCUT2D eigenvalue weighted by molar-refractivity contribution is 5.98. The van der Waals surface area contributed by atoms with Crippen molar-refractivity contribution in [3.05, 3.63) is 101 Å². The van der Waals surface area contributed by atoms with E-state index in [4.69, 9.17) is 9.15 Å². The number of benzene rings is 3. The van der Waals surface area contributed by atoms with Crippen molar-refractivity contribution in [1.82, 2.24) is 9.88 Å². The summed E-state index contributed by atoms with van der Waals surface area (Å²) >= 11 is 0. The second-order valence-corrected chi connectivity index (χ2v) is 8.97. The van der Waals surface area contributed by atoms with Crippen molar-refractivity contribution in [3.8, 4) is 0 Å². The topological polar surface area (TPSA) is 72.6 Å². The van der Waals surface area contributed by atoms with Crippen molar-refractivity contribution < 1.29 is 18.7 Å². The molecule has 1 atom stereocenters. The number of carbonyl (C=O) groups excluding carboxylic acids is 2. The first-order chi connectivity index (χ1) is 16.7. The van der Waals surface area contributed by atoms with E-state index in [0.29, 0.717) is 30.6 Å². The molecule has 0 unspecified atom stereocenters. The highest BCUT2D eigenvalue weighted by Crippen LogP contribution is 2.33. The second-order valence-electron chi connectivity index (χ2n) is 8.97. The van der Waals surface area contributed by atoms with E-state index in [1.807, 2.05) is 65.6 Å². The molecule has 1 saturated heterocycles. The standard InChI is InChI=1S/C28H24N2O4/c31-27(30-14-12-19(13-15-30)26-29-23-8-4-5-9-24(23)33-26)20-10-11-22-21(16-20)17-25(34-28(22)32)18-6-2-1-3-7-18/h1-11,16,19,25H,12-15,17H2/t25-/m1/s1. The molecule has 6 heteroatoms. The maximum absolute atomic E-state index is 13.3. The first kappa shape index (κ1) is 20.7. The third kappa shape index (κ3) is 3.75. The summed E-state index contributed by atoms with van der Waals surface area (Å²) in [4.78, 5) is 32.4. The average molecular weight is 453 g/mol. The van der Waals surface area contributed by atoms with Crippen molar-refractivity contribution in [1.29, 1.82) is 0 Å². The molecule has 4 aromatic rings. The largest absolute Gasteiger partial charge is 0.454 e. The minimum absolute atomic E-state index is 0.00554. The average Bonchev–Trinajstić information content (AvgIpc) is 3.33. The van der Waals surface area contributed by atoms with Gasteiger partial charge in [-0.3, -0.25) is 4.79 Å². The third-order valence-electron chi connectivity index (χ3n) is 6.84. The van der Waals surface area contributed by atoms with E-state index in [-0.39, 0.29) is 23.9 Å². The lowest BCUT2D eigenvalue weighted by Crippen LogP contribution is -2.38. The smallest absolute Gasteiger partial charge is 0.339 e.